The van der Waals surface area contributed by atoms with Crippen molar-refractivity contribution in [2.75, 3.05) is 6.54 Å². The topological polar surface area (TPSA) is 35.2 Å². The summed E-state index contributed by atoms with van der Waals surface area (Å²) in [5, 5.41) is 0. The second kappa shape index (κ2) is 6.68. The Morgan fingerprint density at radius 1 is 1.11 bits per heavy atom. The summed E-state index contributed by atoms with van der Waals surface area (Å²) >= 11 is 3.28. The standard InChI is InChI=1S/C15H15BrFNO/c16-14-9-13(17)5-6-15(14)19-10-12-4-2-1-3-11(12)7-8-18/h1-6,9H,7-8,10,18H2. The van der Waals surface area contributed by atoms with Crippen LogP contribution < -0.4 is 10.5 Å². The van der Waals surface area contributed by atoms with E-state index in [1.54, 1.807) is 6.07 Å². The van der Waals surface area contributed by atoms with Crippen molar-refractivity contribution in [3.8, 4) is 5.75 Å². The first-order valence-electron chi connectivity index (χ1n) is 6.05. The van der Waals surface area contributed by atoms with Crippen LogP contribution in [0.5, 0.6) is 5.75 Å². The van der Waals surface area contributed by atoms with Crippen LogP contribution in [0.4, 0.5) is 4.39 Å². The molecule has 0 atom stereocenters. The van der Waals surface area contributed by atoms with E-state index in [2.05, 4.69) is 15.9 Å². The lowest BCUT2D eigenvalue weighted by Gasteiger charge is -2.11. The molecule has 2 N–H and O–H groups in total. The average Bonchev–Trinajstić information content (AvgIpc) is 2.40. The van der Waals surface area contributed by atoms with Gasteiger partial charge in [0.1, 0.15) is 18.2 Å². The Morgan fingerprint density at radius 2 is 1.84 bits per heavy atom. The second-order valence-electron chi connectivity index (χ2n) is 4.17. The molecule has 100 valence electrons. The van der Waals surface area contributed by atoms with Gasteiger partial charge in [0.05, 0.1) is 4.47 Å². The molecule has 0 saturated carbocycles. The van der Waals surface area contributed by atoms with Crippen molar-refractivity contribution in [1.29, 1.82) is 0 Å². The van der Waals surface area contributed by atoms with Gasteiger partial charge in [0.2, 0.25) is 0 Å². The molecule has 0 aliphatic rings. The van der Waals surface area contributed by atoms with E-state index in [1.165, 1.54) is 17.7 Å². The van der Waals surface area contributed by atoms with Crippen molar-refractivity contribution in [3.63, 3.8) is 0 Å². The van der Waals surface area contributed by atoms with Gasteiger partial charge in [-0.2, -0.15) is 0 Å². The van der Waals surface area contributed by atoms with Crippen LogP contribution in [-0.4, -0.2) is 6.54 Å². The number of ether oxygens (including phenoxy) is 1. The van der Waals surface area contributed by atoms with Crippen LogP contribution in [0.1, 0.15) is 11.1 Å². The number of hydrogen-bond donors (Lipinski definition) is 1. The van der Waals surface area contributed by atoms with E-state index in [0.717, 1.165) is 12.0 Å². The summed E-state index contributed by atoms with van der Waals surface area (Å²) in [5.74, 6) is 0.340. The minimum atomic E-state index is -0.289. The average molecular weight is 324 g/mol. The third kappa shape index (κ3) is 3.78. The highest BCUT2D eigenvalue weighted by atomic mass is 79.9. The lowest BCUT2D eigenvalue weighted by Crippen LogP contribution is -2.07. The minimum Gasteiger partial charge on any atom is -0.488 e. The van der Waals surface area contributed by atoms with Crippen LogP contribution in [0.3, 0.4) is 0 Å². The molecule has 2 aromatic rings. The Balaban J connectivity index is 2.10. The third-order valence-corrected chi connectivity index (χ3v) is 3.43. The third-order valence-electron chi connectivity index (χ3n) is 2.81. The summed E-state index contributed by atoms with van der Waals surface area (Å²) < 4.78 is 19.3. The lowest BCUT2D eigenvalue weighted by atomic mass is 10.1. The maximum atomic E-state index is 13.0. The molecule has 4 heteroatoms. The van der Waals surface area contributed by atoms with Crippen molar-refractivity contribution < 1.29 is 9.13 Å². The number of nitrogens with two attached hydrogens (primary N) is 1. The van der Waals surface area contributed by atoms with Crippen LogP contribution in [0, 0.1) is 5.82 Å². The Kier molecular flexibility index (Phi) is 4.93. The molecule has 0 radical (unpaired) electrons. The molecule has 0 unspecified atom stereocenters. The van der Waals surface area contributed by atoms with E-state index < -0.39 is 0 Å². The smallest absolute Gasteiger partial charge is 0.134 e. The van der Waals surface area contributed by atoms with Crippen molar-refractivity contribution >= 4 is 15.9 Å². The van der Waals surface area contributed by atoms with E-state index in [9.17, 15) is 4.39 Å². The minimum absolute atomic E-state index is 0.289. The van der Waals surface area contributed by atoms with Crippen molar-refractivity contribution in [2.45, 2.75) is 13.0 Å². The molecular weight excluding hydrogens is 309 g/mol. The molecule has 0 spiro atoms. The fourth-order valence-electron chi connectivity index (χ4n) is 1.85. The van der Waals surface area contributed by atoms with Gasteiger partial charge in [-0.3, -0.25) is 0 Å². The normalized spacial score (nSPS) is 10.5. The molecule has 0 fully saturated rings. The largest absolute Gasteiger partial charge is 0.488 e. The van der Waals surface area contributed by atoms with Gasteiger partial charge in [-0.1, -0.05) is 24.3 Å². The monoisotopic (exact) mass is 323 g/mol. The van der Waals surface area contributed by atoms with Crippen LogP contribution in [0.25, 0.3) is 0 Å². The van der Waals surface area contributed by atoms with Crippen LogP contribution >= 0.6 is 15.9 Å². The van der Waals surface area contributed by atoms with Crippen LogP contribution in [-0.2, 0) is 13.0 Å². The molecule has 0 aliphatic heterocycles. The van der Waals surface area contributed by atoms with Gasteiger partial charge in [0, 0.05) is 0 Å². The fraction of sp³-hybridized carbons (Fsp3) is 0.200. The fourth-order valence-corrected chi connectivity index (χ4v) is 2.31. The highest BCUT2D eigenvalue weighted by Gasteiger charge is 2.05. The number of halogens is 2. The maximum Gasteiger partial charge on any atom is 0.134 e. The zero-order chi connectivity index (χ0) is 13.7. The second-order valence-corrected chi connectivity index (χ2v) is 5.03. The first-order valence-corrected chi connectivity index (χ1v) is 6.84. The first kappa shape index (κ1) is 14.0. The van der Waals surface area contributed by atoms with Gasteiger partial charge in [0.15, 0.2) is 0 Å². The van der Waals surface area contributed by atoms with E-state index in [-0.39, 0.29) is 5.82 Å². The summed E-state index contributed by atoms with van der Waals surface area (Å²) in [6.07, 6.45) is 0.824. The summed E-state index contributed by atoms with van der Waals surface area (Å²) in [7, 11) is 0. The number of rotatable bonds is 5. The van der Waals surface area contributed by atoms with Gasteiger partial charge < -0.3 is 10.5 Å². The highest BCUT2D eigenvalue weighted by Crippen LogP contribution is 2.26. The summed E-state index contributed by atoms with van der Waals surface area (Å²) in [6.45, 7) is 1.05. The van der Waals surface area contributed by atoms with Crippen molar-refractivity contribution in [1.82, 2.24) is 0 Å². The number of benzene rings is 2. The summed E-state index contributed by atoms with van der Waals surface area (Å²) in [4.78, 5) is 0. The Morgan fingerprint density at radius 3 is 2.53 bits per heavy atom. The van der Waals surface area contributed by atoms with Gasteiger partial charge in [0.25, 0.3) is 0 Å². The number of hydrogen-bond acceptors (Lipinski definition) is 2. The molecule has 0 bridgehead atoms. The SMILES string of the molecule is NCCc1ccccc1COc1ccc(F)cc1Br. The molecule has 0 amide bonds. The van der Waals surface area contributed by atoms with Crippen LogP contribution in [0.2, 0.25) is 0 Å². The van der Waals surface area contributed by atoms with Gasteiger partial charge in [-0.25, -0.2) is 4.39 Å². The van der Waals surface area contributed by atoms with Crippen LogP contribution in [0.15, 0.2) is 46.9 Å². The molecule has 0 aromatic heterocycles. The molecule has 19 heavy (non-hydrogen) atoms. The zero-order valence-electron chi connectivity index (χ0n) is 10.4. The first-order chi connectivity index (χ1) is 9.20. The molecule has 2 aromatic carbocycles. The molecule has 0 saturated heterocycles. The van der Waals surface area contributed by atoms with E-state index >= 15 is 0 Å². The Labute approximate surface area is 120 Å². The molecular formula is C15H15BrFNO. The molecule has 0 heterocycles. The molecule has 2 rings (SSSR count). The highest BCUT2D eigenvalue weighted by molar-refractivity contribution is 9.10. The van der Waals surface area contributed by atoms with Gasteiger partial charge >= 0.3 is 0 Å². The van der Waals surface area contributed by atoms with E-state index in [1.807, 2.05) is 24.3 Å². The van der Waals surface area contributed by atoms with E-state index in [0.29, 0.717) is 23.4 Å². The summed E-state index contributed by atoms with van der Waals surface area (Å²) in [5.41, 5.74) is 7.87. The maximum absolute atomic E-state index is 13.0. The summed E-state index contributed by atoms with van der Waals surface area (Å²) in [6, 6.07) is 12.4. The van der Waals surface area contributed by atoms with Crippen molar-refractivity contribution in [2.24, 2.45) is 5.73 Å². The predicted octanol–water partition coefficient (Wildman–Crippen LogP) is 3.67. The van der Waals surface area contributed by atoms with E-state index in [4.69, 9.17) is 10.5 Å². The van der Waals surface area contributed by atoms with Crippen molar-refractivity contribution in [3.05, 3.63) is 63.9 Å². The molecule has 0 aliphatic carbocycles. The Hall–Kier alpha value is -1.39. The predicted molar refractivity (Wildman–Crippen MR) is 77.6 cm³/mol. The molecule has 2 nitrogen and oxygen atoms in total. The Bertz CT molecular complexity index is 560. The zero-order valence-corrected chi connectivity index (χ0v) is 12.0. The lowest BCUT2D eigenvalue weighted by molar-refractivity contribution is 0.302. The van der Waals surface area contributed by atoms with Gasteiger partial charge in [-0.05, 0) is 58.2 Å². The quantitative estimate of drug-likeness (QED) is 0.911. The van der Waals surface area contributed by atoms with Gasteiger partial charge in [-0.15, -0.1) is 0 Å².